The van der Waals surface area contributed by atoms with Crippen LogP contribution in [0.1, 0.15) is 10.4 Å². The molecule has 0 aliphatic heterocycles. The second-order valence-electron chi connectivity index (χ2n) is 3.71. The van der Waals surface area contributed by atoms with E-state index in [9.17, 15) is 14.3 Å². The average Bonchev–Trinajstić information content (AvgIpc) is 2.35. The van der Waals surface area contributed by atoms with Crippen molar-refractivity contribution in [1.82, 2.24) is 0 Å². The normalized spacial score (nSPS) is 10.1. The van der Waals surface area contributed by atoms with Gasteiger partial charge in [0.2, 0.25) is 0 Å². The van der Waals surface area contributed by atoms with Crippen LogP contribution in [-0.4, -0.2) is 11.0 Å². The van der Waals surface area contributed by atoms with Crippen molar-refractivity contribution in [2.75, 3.05) is 11.1 Å². The van der Waals surface area contributed by atoms with Gasteiger partial charge in [-0.15, -0.1) is 0 Å². The number of nitrogen functional groups attached to an aromatic ring is 1. The Kier molecular flexibility index (Phi) is 3.14. The lowest BCUT2D eigenvalue weighted by atomic mass is 10.1. The molecule has 92 valence electrons. The summed E-state index contributed by atoms with van der Waals surface area (Å²) in [5.41, 5.74) is 5.78. The first kappa shape index (κ1) is 11.9. The van der Waals surface area contributed by atoms with E-state index in [-0.39, 0.29) is 22.7 Å². The molecule has 18 heavy (non-hydrogen) atoms. The zero-order valence-corrected chi connectivity index (χ0v) is 9.35. The van der Waals surface area contributed by atoms with Crippen LogP contribution in [0, 0.1) is 5.82 Å². The maximum Gasteiger partial charge on any atom is 0.255 e. The number of phenols is 1. The first-order valence-electron chi connectivity index (χ1n) is 5.22. The van der Waals surface area contributed by atoms with Crippen LogP contribution in [-0.2, 0) is 0 Å². The van der Waals surface area contributed by atoms with E-state index in [2.05, 4.69) is 5.32 Å². The van der Waals surface area contributed by atoms with E-state index in [1.165, 1.54) is 18.2 Å². The van der Waals surface area contributed by atoms with Gasteiger partial charge in [-0.1, -0.05) is 12.1 Å². The predicted molar refractivity (Wildman–Crippen MR) is 66.9 cm³/mol. The molecule has 2 aromatic rings. The van der Waals surface area contributed by atoms with Gasteiger partial charge in [-0.25, -0.2) is 4.39 Å². The van der Waals surface area contributed by atoms with Crippen molar-refractivity contribution >= 4 is 17.3 Å². The van der Waals surface area contributed by atoms with E-state index in [1.54, 1.807) is 18.2 Å². The maximum atomic E-state index is 13.0. The molecule has 0 saturated heterocycles. The third-order valence-corrected chi connectivity index (χ3v) is 2.41. The number of benzene rings is 2. The Bertz CT molecular complexity index is 599. The number of nitrogens with two attached hydrogens (primary N) is 1. The van der Waals surface area contributed by atoms with E-state index >= 15 is 0 Å². The predicted octanol–water partition coefficient (Wildman–Crippen LogP) is 2.37. The number of hydrogen-bond acceptors (Lipinski definition) is 3. The van der Waals surface area contributed by atoms with Gasteiger partial charge in [0.05, 0.1) is 11.4 Å². The van der Waals surface area contributed by atoms with Crippen molar-refractivity contribution in [3.8, 4) is 5.75 Å². The zero-order valence-electron chi connectivity index (χ0n) is 9.35. The van der Waals surface area contributed by atoms with Crippen LogP contribution in [0.5, 0.6) is 5.75 Å². The van der Waals surface area contributed by atoms with Crippen molar-refractivity contribution in [1.29, 1.82) is 0 Å². The van der Waals surface area contributed by atoms with Gasteiger partial charge in [-0.05, 0) is 30.3 Å². The SMILES string of the molecule is Nc1cc(C(=O)Nc2ccccc2O)ccc1F. The molecule has 2 aromatic carbocycles. The van der Waals surface area contributed by atoms with Crippen LogP contribution >= 0.6 is 0 Å². The Labute approximate surface area is 103 Å². The molecule has 0 saturated carbocycles. The lowest BCUT2D eigenvalue weighted by molar-refractivity contribution is 0.102. The molecule has 0 aromatic heterocycles. The summed E-state index contributed by atoms with van der Waals surface area (Å²) in [6, 6.07) is 10.0. The van der Waals surface area contributed by atoms with Crippen LogP contribution in [0.4, 0.5) is 15.8 Å². The fourth-order valence-electron chi connectivity index (χ4n) is 1.46. The number of amides is 1. The number of anilines is 2. The number of aromatic hydroxyl groups is 1. The largest absolute Gasteiger partial charge is 0.506 e. The van der Waals surface area contributed by atoms with Gasteiger partial charge in [-0.3, -0.25) is 4.79 Å². The lowest BCUT2D eigenvalue weighted by Crippen LogP contribution is -2.12. The monoisotopic (exact) mass is 246 g/mol. The van der Waals surface area contributed by atoms with Gasteiger partial charge in [0, 0.05) is 5.56 Å². The molecule has 2 rings (SSSR count). The molecule has 4 nitrogen and oxygen atoms in total. The van der Waals surface area contributed by atoms with Crippen LogP contribution in [0.15, 0.2) is 42.5 Å². The van der Waals surface area contributed by atoms with Crippen molar-refractivity contribution in [3.63, 3.8) is 0 Å². The number of carbonyl (C=O) groups is 1. The van der Waals surface area contributed by atoms with Crippen LogP contribution < -0.4 is 11.1 Å². The molecule has 4 N–H and O–H groups in total. The van der Waals surface area contributed by atoms with E-state index in [1.807, 2.05) is 0 Å². The summed E-state index contributed by atoms with van der Waals surface area (Å²) < 4.78 is 13.0. The summed E-state index contributed by atoms with van der Waals surface area (Å²) in [6.07, 6.45) is 0. The van der Waals surface area contributed by atoms with Gasteiger partial charge in [0.25, 0.3) is 5.91 Å². The van der Waals surface area contributed by atoms with Crippen molar-refractivity contribution in [2.24, 2.45) is 0 Å². The molecule has 0 radical (unpaired) electrons. The Hall–Kier alpha value is -2.56. The summed E-state index contributed by atoms with van der Waals surface area (Å²) in [6.45, 7) is 0. The summed E-state index contributed by atoms with van der Waals surface area (Å²) in [5.74, 6) is -1.08. The minimum atomic E-state index is -0.575. The number of rotatable bonds is 2. The number of carbonyl (C=O) groups excluding carboxylic acids is 1. The molecule has 5 heteroatoms. The van der Waals surface area contributed by atoms with Gasteiger partial charge in [-0.2, -0.15) is 0 Å². The third-order valence-electron chi connectivity index (χ3n) is 2.41. The van der Waals surface area contributed by atoms with Gasteiger partial charge < -0.3 is 16.2 Å². The first-order chi connectivity index (χ1) is 8.58. The van der Waals surface area contributed by atoms with E-state index in [4.69, 9.17) is 5.73 Å². The number of para-hydroxylation sites is 2. The fourth-order valence-corrected chi connectivity index (χ4v) is 1.46. The van der Waals surface area contributed by atoms with Gasteiger partial charge >= 0.3 is 0 Å². The molecule has 0 atom stereocenters. The van der Waals surface area contributed by atoms with Gasteiger partial charge in [0.1, 0.15) is 11.6 Å². The summed E-state index contributed by atoms with van der Waals surface area (Å²) in [5, 5.41) is 12.0. The molecular formula is C13H11FN2O2. The molecule has 0 aliphatic rings. The number of halogens is 1. The smallest absolute Gasteiger partial charge is 0.255 e. The van der Waals surface area contributed by atoms with Crippen molar-refractivity contribution in [2.45, 2.75) is 0 Å². The Balaban J connectivity index is 2.22. The summed E-state index contributed by atoms with van der Waals surface area (Å²) >= 11 is 0. The standard InChI is InChI=1S/C13H11FN2O2/c14-9-6-5-8(7-10(9)15)13(18)16-11-3-1-2-4-12(11)17/h1-7,17H,15H2,(H,16,18). The highest BCUT2D eigenvalue weighted by molar-refractivity contribution is 6.05. The topological polar surface area (TPSA) is 75.4 Å². The average molecular weight is 246 g/mol. The quantitative estimate of drug-likeness (QED) is 0.562. The zero-order chi connectivity index (χ0) is 13.1. The second-order valence-corrected chi connectivity index (χ2v) is 3.71. The highest BCUT2D eigenvalue weighted by Crippen LogP contribution is 2.22. The first-order valence-corrected chi connectivity index (χ1v) is 5.22. The molecule has 1 amide bonds. The Morgan fingerprint density at radius 1 is 1.22 bits per heavy atom. The highest BCUT2D eigenvalue weighted by Gasteiger charge is 2.10. The van der Waals surface area contributed by atoms with Crippen molar-refractivity contribution < 1.29 is 14.3 Å². The molecule has 0 aliphatic carbocycles. The van der Waals surface area contributed by atoms with E-state index in [0.717, 1.165) is 6.07 Å². The summed E-state index contributed by atoms with van der Waals surface area (Å²) in [4.78, 5) is 11.8. The maximum absolute atomic E-state index is 13.0. The number of nitrogens with one attached hydrogen (secondary N) is 1. The lowest BCUT2D eigenvalue weighted by Gasteiger charge is -2.07. The second kappa shape index (κ2) is 4.75. The van der Waals surface area contributed by atoms with E-state index < -0.39 is 11.7 Å². The van der Waals surface area contributed by atoms with Gasteiger partial charge in [0.15, 0.2) is 0 Å². The number of phenolic OH excluding ortho intramolecular Hbond substituents is 1. The third kappa shape index (κ3) is 2.40. The fraction of sp³-hybridized carbons (Fsp3) is 0. The molecular weight excluding hydrogens is 235 g/mol. The minimum Gasteiger partial charge on any atom is -0.506 e. The van der Waals surface area contributed by atoms with Crippen molar-refractivity contribution in [3.05, 3.63) is 53.8 Å². The molecule has 0 spiro atoms. The molecule has 0 heterocycles. The van der Waals surface area contributed by atoms with Crippen LogP contribution in [0.2, 0.25) is 0 Å². The molecule has 0 bridgehead atoms. The molecule has 0 fully saturated rings. The Morgan fingerprint density at radius 2 is 1.94 bits per heavy atom. The highest BCUT2D eigenvalue weighted by atomic mass is 19.1. The number of hydrogen-bond donors (Lipinski definition) is 3. The van der Waals surface area contributed by atoms with Crippen LogP contribution in [0.3, 0.4) is 0 Å². The molecule has 0 unspecified atom stereocenters. The summed E-state index contributed by atoms with van der Waals surface area (Å²) in [7, 11) is 0. The minimum absolute atomic E-state index is 0.0408. The van der Waals surface area contributed by atoms with Crippen LogP contribution in [0.25, 0.3) is 0 Å². The Morgan fingerprint density at radius 3 is 2.61 bits per heavy atom. The van der Waals surface area contributed by atoms with E-state index in [0.29, 0.717) is 0 Å².